The summed E-state index contributed by atoms with van der Waals surface area (Å²) in [5.41, 5.74) is 1.09. The van der Waals surface area contributed by atoms with Crippen molar-refractivity contribution in [3.63, 3.8) is 0 Å². The molecule has 19 heavy (non-hydrogen) atoms. The summed E-state index contributed by atoms with van der Waals surface area (Å²) in [6.07, 6.45) is 2.02. The van der Waals surface area contributed by atoms with Crippen molar-refractivity contribution >= 4 is 17.5 Å². The van der Waals surface area contributed by atoms with Crippen LogP contribution in [0, 0.1) is 17.2 Å². The fourth-order valence-electron chi connectivity index (χ4n) is 1.96. The maximum atomic E-state index is 11.9. The monoisotopic (exact) mass is 278 g/mol. The van der Waals surface area contributed by atoms with Gasteiger partial charge in [-0.15, -0.1) is 11.6 Å². The largest absolute Gasteiger partial charge is 0.351 e. The molecule has 0 heterocycles. The first-order chi connectivity index (χ1) is 9.12. The SMILES string of the molecule is CCC(CC)C(Cl)CNC(=O)c1ccc(C#N)cc1. The number of nitriles is 1. The summed E-state index contributed by atoms with van der Waals surface area (Å²) >= 11 is 6.27. The highest BCUT2D eigenvalue weighted by Gasteiger charge is 2.16. The molecule has 1 N–H and O–H groups in total. The summed E-state index contributed by atoms with van der Waals surface area (Å²) in [4.78, 5) is 11.9. The average molecular weight is 279 g/mol. The molecule has 1 unspecified atom stereocenters. The molecule has 0 fully saturated rings. The van der Waals surface area contributed by atoms with Crippen LogP contribution in [-0.2, 0) is 0 Å². The standard InChI is InChI=1S/C15H19ClN2O/c1-3-12(4-2)14(16)10-18-15(19)13-7-5-11(9-17)6-8-13/h5-8,12,14H,3-4,10H2,1-2H3,(H,18,19). The van der Waals surface area contributed by atoms with Crippen LogP contribution in [-0.4, -0.2) is 17.8 Å². The molecule has 1 rings (SSSR count). The molecule has 1 aromatic rings. The molecule has 1 amide bonds. The van der Waals surface area contributed by atoms with Crippen LogP contribution >= 0.6 is 11.6 Å². The van der Waals surface area contributed by atoms with Gasteiger partial charge < -0.3 is 5.32 Å². The van der Waals surface area contributed by atoms with Gasteiger partial charge in [-0.1, -0.05) is 26.7 Å². The molecule has 0 aliphatic carbocycles. The van der Waals surface area contributed by atoms with Crippen molar-refractivity contribution < 1.29 is 4.79 Å². The lowest BCUT2D eigenvalue weighted by Gasteiger charge is -2.19. The second kappa shape index (κ2) is 7.81. The molecule has 0 saturated carbocycles. The number of nitrogens with zero attached hydrogens (tertiary/aromatic N) is 1. The molecular formula is C15H19ClN2O. The van der Waals surface area contributed by atoms with E-state index in [2.05, 4.69) is 19.2 Å². The van der Waals surface area contributed by atoms with Crippen LogP contribution < -0.4 is 5.32 Å². The summed E-state index contributed by atoms with van der Waals surface area (Å²) in [7, 11) is 0. The maximum absolute atomic E-state index is 11.9. The highest BCUT2D eigenvalue weighted by atomic mass is 35.5. The molecule has 102 valence electrons. The Morgan fingerprint density at radius 1 is 1.32 bits per heavy atom. The number of rotatable bonds is 6. The number of carbonyl (C=O) groups is 1. The smallest absolute Gasteiger partial charge is 0.251 e. The summed E-state index contributed by atoms with van der Waals surface area (Å²) in [6, 6.07) is 8.58. The van der Waals surface area contributed by atoms with Crippen LogP contribution in [0.15, 0.2) is 24.3 Å². The topological polar surface area (TPSA) is 52.9 Å². The van der Waals surface area contributed by atoms with Crippen molar-refractivity contribution in [1.29, 1.82) is 5.26 Å². The number of amides is 1. The summed E-state index contributed by atoms with van der Waals surface area (Å²) in [5, 5.41) is 11.5. The third-order valence-electron chi connectivity index (χ3n) is 3.29. The van der Waals surface area contributed by atoms with Crippen LogP contribution in [0.25, 0.3) is 0 Å². The molecule has 1 atom stereocenters. The van der Waals surface area contributed by atoms with E-state index in [9.17, 15) is 4.79 Å². The van der Waals surface area contributed by atoms with Crippen LogP contribution in [0.4, 0.5) is 0 Å². The summed E-state index contributed by atoms with van der Waals surface area (Å²) in [6.45, 7) is 4.67. The van der Waals surface area contributed by atoms with Gasteiger partial charge in [0.2, 0.25) is 0 Å². The van der Waals surface area contributed by atoms with Gasteiger partial charge in [0.05, 0.1) is 17.0 Å². The van der Waals surface area contributed by atoms with E-state index in [1.54, 1.807) is 24.3 Å². The van der Waals surface area contributed by atoms with Gasteiger partial charge in [-0.2, -0.15) is 5.26 Å². The fraction of sp³-hybridized carbons (Fsp3) is 0.467. The van der Waals surface area contributed by atoms with E-state index in [0.29, 0.717) is 23.6 Å². The molecule has 0 aliphatic heterocycles. The van der Waals surface area contributed by atoms with Crippen molar-refractivity contribution in [2.45, 2.75) is 32.1 Å². The van der Waals surface area contributed by atoms with Crippen LogP contribution in [0.5, 0.6) is 0 Å². The average Bonchev–Trinajstić information content (AvgIpc) is 2.46. The first kappa shape index (κ1) is 15.5. The van der Waals surface area contributed by atoms with Crippen molar-refractivity contribution in [3.05, 3.63) is 35.4 Å². The van der Waals surface area contributed by atoms with Gasteiger partial charge >= 0.3 is 0 Å². The number of benzene rings is 1. The molecule has 4 heteroatoms. The number of hydrogen-bond acceptors (Lipinski definition) is 2. The molecule has 0 bridgehead atoms. The highest BCUT2D eigenvalue weighted by Crippen LogP contribution is 2.17. The lowest BCUT2D eigenvalue weighted by molar-refractivity contribution is 0.0951. The number of halogens is 1. The Morgan fingerprint density at radius 3 is 2.37 bits per heavy atom. The molecular weight excluding hydrogens is 260 g/mol. The molecule has 0 aromatic heterocycles. The maximum Gasteiger partial charge on any atom is 0.251 e. The third-order valence-corrected chi connectivity index (χ3v) is 3.80. The van der Waals surface area contributed by atoms with Crippen molar-refractivity contribution in [1.82, 2.24) is 5.32 Å². The zero-order chi connectivity index (χ0) is 14.3. The van der Waals surface area contributed by atoms with E-state index >= 15 is 0 Å². The zero-order valence-electron chi connectivity index (χ0n) is 11.3. The minimum Gasteiger partial charge on any atom is -0.351 e. The second-order valence-corrected chi connectivity index (χ2v) is 5.05. The van der Waals surface area contributed by atoms with Crippen LogP contribution in [0.2, 0.25) is 0 Å². The van der Waals surface area contributed by atoms with Crippen molar-refractivity contribution in [3.8, 4) is 6.07 Å². The lowest BCUT2D eigenvalue weighted by atomic mass is 9.99. The highest BCUT2D eigenvalue weighted by molar-refractivity contribution is 6.21. The Balaban J connectivity index is 2.53. The van der Waals surface area contributed by atoms with E-state index in [4.69, 9.17) is 16.9 Å². The predicted octanol–water partition coefficient (Wildman–Crippen LogP) is 3.33. The predicted molar refractivity (Wildman–Crippen MR) is 77.2 cm³/mol. The van der Waals surface area contributed by atoms with Gasteiger partial charge in [0, 0.05) is 12.1 Å². The molecule has 3 nitrogen and oxygen atoms in total. The molecule has 0 saturated heterocycles. The van der Waals surface area contributed by atoms with Gasteiger partial charge in [-0.25, -0.2) is 0 Å². The van der Waals surface area contributed by atoms with Gasteiger partial charge in [0.15, 0.2) is 0 Å². The molecule has 0 aliphatic rings. The number of carbonyl (C=O) groups excluding carboxylic acids is 1. The quantitative estimate of drug-likeness (QED) is 0.812. The summed E-state index contributed by atoms with van der Waals surface area (Å²) < 4.78 is 0. The first-order valence-corrected chi connectivity index (χ1v) is 6.98. The molecule has 1 aromatic carbocycles. The van der Waals surface area contributed by atoms with Crippen molar-refractivity contribution in [2.75, 3.05) is 6.54 Å². The van der Waals surface area contributed by atoms with Crippen LogP contribution in [0.3, 0.4) is 0 Å². The van der Waals surface area contributed by atoms with Crippen molar-refractivity contribution in [2.24, 2.45) is 5.92 Å². The van der Waals surface area contributed by atoms with Gasteiger partial charge in [-0.05, 0) is 30.2 Å². The Hall–Kier alpha value is -1.53. The van der Waals surface area contributed by atoms with E-state index in [1.165, 1.54) is 0 Å². The van der Waals surface area contributed by atoms with Crippen LogP contribution in [0.1, 0.15) is 42.6 Å². The Bertz CT molecular complexity index is 446. The van der Waals surface area contributed by atoms with Gasteiger partial charge in [0.1, 0.15) is 0 Å². The molecule has 0 spiro atoms. The lowest BCUT2D eigenvalue weighted by Crippen LogP contribution is -2.33. The minimum atomic E-state index is -0.152. The van der Waals surface area contributed by atoms with Gasteiger partial charge in [-0.3, -0.25) is 4.79 Å². The normalized spacial score (nSPS) is 11.9. The fourth-order valence-corrected chi connectivity index (χ4v) is 2.39. The van der Waals surface area contributed by atoms with E-state index in [1.807, 2.05) is 6.07 Å². The van der Waals surface area contributed by atoms with E-state index < -0.39 is 0 Å². The molecule has 0 radical (unpaired) electrons. The summed E-state index contributed by atoms with van der Waals surface area (Å²) in [5.74, 6) is 0.268. The third kappa shape index (κ3) is 4.57. The number of nitrogens with one attached hydrogen (secondary N) is 1. The number of alkyl halides is 1. The number of hydrogen-bond donors (Lipinski definition) is 1. The zero-order valence-corrected chi connectivity index (χ0v) is 12.1. The Morgan fingerprint density at radius 2 is 1.89 bits per heavy atom. The minimum absolute atomic E-state index is 0.0441. The van der Waals surface area contributed by atoms with E-state index in [0.717, 1.165) is 12.8 Å². The second-order valence-electron chi connectivity index (χ2n) is 4.49. The Labute approximate surface area is 119 Å². The first-order valence-electron chi connectivity index (χ1n) is 6.54. The van der Waals surface area contributed by atoms with Gasteiger partial charge in [0.25, 0.3) is 5.91 Å². The Kier molecular flexibility index (Phi) is 6.38. The van der Waals surface area contributed by atoms with E-state index in [-0.39, 0.29) is 11.3 Å².